The highest BCUT2D eigenvalue weighted by molar-refractivity contribution is 7.92. The Morgan fingerprint density at radius 1 is 1.04 bits per heavy atom. The van der Waals surface area contributed by atoms with Gasteiger partial charge in [0.25, 0.3) is 15.7 Å². The highest BCUT2D eigenvalue weighted by atomic mass is 32.2. The van der Waals surface area contributed by atoms with Gasteiger partial charge in [-0.3, -0.25) is 24.4 Å². The third kappa shape index (κ3) is 2.76. The third-order valence-corrected chi connectivity index (χ3v) is 5.28. The van der Waals surface area contributed by atoms with Crippen LogP contribution in [0, 0.1) is 10.1 Å². The van der Waals surface area contributed by atoms with E-state index in [4.69, 9.17) is 0 Å². The highest BCUT2D eigenvalue weighted by Crippen LogP contribution is 2.26. The first-order valence-corrected chi connectivity index (χ1v) is 8.28. The van der Waals surface area contributed by atoms with Crippen LogP contribution in [-0.4, -0.2) is 30.4 Å². The third-order valence-electron chi connectivity index (χ3n) is 3.50. The molecular weight excluding hydrogens is 332 g/mol. The number of nitro groups is 1. The lowest BCUT2D eigenvalue weighted by Gasteiger charge is -2.19. The van der Waals surface area contributed by atoms with Gasteiger partial charge >= 0.3 is 0 Å². The number of rotatable bonds is 4. The molecule has 0 fully saturated rings. The van der Waals surface area contributed by atoms with Crippen LogP contribution in [0.15, 0.2) is 59.8 Å². The first kappa shape index (κ1) is 15.8. The van der Waals surface area contributed by atoms with E-state index in [2.05, 4.69) is 9.97 Å². The molecule has 24 heavy (non-hydrogen) atoms. The average molecular weight is 344 g/mol. The van der Waals surface area contributed by atoms with Crippen LogP contribution in [0.25, 0.3) is 11.0 Å². The number of hydrogen-bond donors (Lipinski definition) is 0. The van der Waals surface area contributed by atoms with Gasteiger partial charge in [-0.1, -0.05) is 6.07 Å². The quantitative estimate of drug-likeness (QED) is 0.531. The number of fused-ring (bicyclic) bond motifs is 1. The molecule has 1 aromatic heterocycles. The monoisotopic (exact) mass is 344 g/mol. The minimum absolute atomic E-state index is 0.154. The van der Waals surface area contributed by atoms with E-state index < -0.39 is 14.9 Å². The van der Waals surface area contributed by atoms with Crippen LogP contribution in [-0.2, 0) is 10.0 Å². The molecule has 0 aliphatic carbocycles. The summed E-state index contributed by atoms with van der Waals surface area (Å²) < 4.78 is 26.5. The zero-order chi connectivity index (χ0) is 17.3. The van der Waals surface area contributed by atoms with Crippen molar-refractivity contribution in [1.82, 2.24) is 9.97 Å². The van der Waals surface area contributed by atoms with E-state index in [1.165, 1.54) is 31.4 Å². The topological polar surface area (TPSA) is 106 Å². The Kier molecular flexibility index (Phi) is 3.86. The molecule has 0 bridgehead atoms. The second kappa shape index (κ2) is 5.85. The number of nitrogens with zero attached hydrogens (tertiary/aromatic N) is 4. The van der Waals surface area contributed by atoms with Crippen molar-refractivity contribution in [3.63, 3.8) is 0 Å². The summed E-state index contributed by atoms with van der Waals surface area (Å²) in [6.07, 6.45) is 3.06. The van der Waals surface area contributed by atoms with Gasteiger partial charge in [-0.2, -0.15) is 0 Å². The lowest BCUT2D eigenvalue weighted by atomic mass is 10.2. The zero-order valence-corrected chi connectivity index (χ0v) is 13.3. The van der Waals surface area contributed by atoms with Crippen LogP contribution in [0.2, 0.25) is 0 Å². The van der Waals surface area contributed by atoms with Crippen LogP contribution >= 0.6 is 0 Å². The molecule has 0 N–H and O–H groups in total. The summed E-state index contributed by atoms with van der Waals surface area (Å²) in [5, 5.41) is 10.8. The molecule has 9 heteroatoms. The Morgan fingerprint density at radius 3 is 2.46 bits per heavy atom. The van der Waals surface area contributed by atoms with Crippen molar-refractivity contribution in [3.05, 3.63) is 65.0 Å². The molecule has 0 spiro atoms. The molecule has 1 heterocycles. The first-order chi connectivity index (χ1) is 11.4. The van der Waals surface area contributed by atoms with Gasteiger partial charge in [-0.25, -0.2) is 8.42 Å². The van der Waals surface area contributed by atoms with Gasteiger partial charge < -0.3 is 0 Å². The summed E-state index contributed by atoms with van der Waals surface area (Å²) in [4.78, 5) is 18.3. The van der Waals surface area contributed by atoms with Gasteiger partial charge in [-0.15, -0.1) is 0 Å². The molecule has 0 aliphatic rings. The van der Waals surface area contributed by atoms with E-state index in [1.807, 2.05) is 0 Å². The molecule has 0 amide bonds. The second-order valence-electron chi connectivity index (χ2n) is 4.96. The van der Waals surface area contributed by atoms with Crippen molar-refractivity contribution in [2.75, 3.05) is 11.4 Å². The Bertz CT molecular complexity index is 1040. The van der Waals surface area contributed by atoms with Gasteiger partial charge in [0.1, 0.15) is 0 Å². The maximum atomic E-state index is 12.7. The number of sulfonamides is 1. The summed E-state index contributed by atoms with van der Waals surface area (Å²) in [6, 6.07) is 9.79. The van der Waals surface area contributed by atoms with Crippen molar-refractivity contribution in [2.24, 2.45) is 0 Å². The van der Waals surface area contributed by atoms with Gasteiger partial charge in [0.15, 0.2) is 0 Å². The van der Waals surface area contributed by atoms with Gasteiger partial charge in [-0.05, 0) is 24.3 Å². The van der Waals surface area contributed by atoms with Crippen molar-refractivity contribution in [2.45, 2.75) is 4.90 Å². The molecule has 0 atom stereocenters. The molecule has 0 radical (unpaired) electrons. The standard InChI is InChI=1S/C15H12N4O4S/c1-18(11-5-6-14-15(10-11)17-8-7-16-14)24(22,23)13-4-2-3-12(9-13)19(20)21/h2-10H,1H3. The molecule has 0 aliphatic heterocycles. The molecule has 2 aromatic carbocycles. The molecule has 0 saturated carbocycles. The number of hydrogen-bond acceptors (Lipinski definition) is 6. The number of anilines is 1. The largest absolute Gasteiger partial charge is 0.270 e. The number of benzene rings is 2. The van der Waals surface area contributed by atoms with E-state index >= 15 is 0 Å². The zero-order valence-electron chi connectivity index (χ0n) is 12.5. The Labute approximate surface area is 137 Å². The molecule has 3 rings (SSSR count). The highest BCUT2D eigenvalue weighted by Gasteiger charge is 2.23. The fraction of sp³-hybridized carbons (Fsp3) is 0.0667. The minimum atomic E-state index is -3.94. The summed E-state index contributed by atoms with van der Waals surface area (Å²) in [6.45, 7) is 0. The smallest absolute Gasteiger partial charge is 0.269 e. The molecule has 3 aromatic rings. The minimum Gasteiger partial charge on any atom is -0.269 e. The van der Waals surface area contributed by atoms with Crippen molar-refractivity contribution >= 4 is 32.4 Å². The van der Waals surface area contributed by atoms with E-state index in [9.17, 15) is 18.5 Å². The first-order valence-electron chi connectivity index (χ1n) is 6.84. The summed E-state index contributed by atoms with van der Waals surface area (Å²) >= 11 is 0. The molecule has 8 nitrogen and oxygen atoms in total. The second-order valence-corrected chi connectivity index (χ2v) is 6.93. The fourth-order valence-electron chi connectivity index (χ4n) is 2.20. The normalized spacial score (nSPS) is 11.4. The summed E-state index contributed by atoms with van der Waals surface area (Å²) in [5.74, 6) is 0. The molecule has 0 unspecified atom stereocenters. The van der Waals surface area contributed by atoms with Crippen LogP contribution < -0.4 is 4.31 Å². The van der Waals surface area contributed by atoms with Crippen molar-refractivity contribution < 1.29 is 13.3 Å². The summed E-state index contributed by atoms with van der Waals surface area (Å²) in [5.41, 5.74) is 1.29. The Balaban J connectivity index is 2.04. The average Bonchev–Trinajstić information content (AvgIpc) is 2.60. The van der Waals surface area contributed by atoms with Crippen LogP contribution in [0.1, 0.15) is 0 Å². The van der Waals surface area contributed by atoms with E-state index in [0.29, 0.717) is 16.7 Å². The lowest BCUT2D eigenvalue weighted by Crippen LogP contribution is -2.26. The number of aromatic nitrogens is 2. The Morgan fingerprint density at radius 2 is 1.75 bits per heavy atom. The van der Waals surface area contributed by atoms with Gasteiger partial charge in [0.2, 0.25) is 0 Å². The molecular formula is C15H12N4O4S. The van der Waals surface area contributed by atoms with Crippen LogP contribution in [0.3, 0.4) is 0 Å². The number of nitro benzene ring substituents is 1. The molecule has 122 valence electrons. The van der Waals surface area contributed by atoms with Crippen LogP contribution in [0.4, 0.5) is 11.4 Å². The van der Waals surface area contributed by atoms with E-state index in [-0.39, 0.29) is 10.6 Å². The van der Waals surface area contributed by atoms with Gasteiger partial charge in [0, 0.05) is 31.6 Å². The maximum absolute atomic E-state index is 12.7. The molecule has 0 saturated heterocycles. The SMILES string of the molecule is CN(c1ccc2nccnc2c1)S(=O)(=O)c1cccc([N+](=O)[O-])c1. The van der Waals surface area contributed by atoms with E-state index in [1.54, 1.807) is 24.4 Å². The van der Waals surface area contributed by atoms with E-state index in [0.717, 1.165) is 10.4 Å². The van der Waals surface area contributed by atoms with Crippen molar-refractivity contribution in [3.8, 4) is 0 Å². The number of non-ortho nitro benzene ring substituents is 1. The van der Waals surface area contributed by atoms with Crippen molar-refractivity contribution in [1.29, 1.82) is 0 Å². The predicted molar refractivity (Wildman–Crippen MR) is 88.2 cm³/mol. The maximum Gasteiger partial charge on any atom is 0.270 e. The van der Waals surface area contributed by atoms with Crippen LogP contribution in [0.5, 0.6) is 0 Å². The summed E-state index contributed by atoms with van der Waals surface area (Å²) in [7, 11) is -2.56. The Hall–Kier alpha value is -3.07. The van der Waals surface area contributed by atoms with Gasteiger partial charge in [0.05, 0.1) is 26.5 Å². The lowest BCUT2D eigenvalue weighted by molar-refractivity contribution is -0.385. The fourth-order valence-corrected chi connectivity index (χ4v) is 3.43. The predicted octanol–water partition coefficient (Wildman–Crippen LogP) is 2.36.